The third-order valence-electron chi connectivity index (χ3n) is 4.55. The van der Waals surface area contributed by atoms with E-state index >= 15 is 0 Å². The molecule has 1 aliphatic heterocycles. The largest absolute Gasteiger partial charge is 0.387 e. The third-order valence-corrected chi connectivity index (χ3v) is 4.55. The number of benzene rings is 1. The lowest BCUT2D eigenvalue weighted by Gasteiger charge is -2.38. The van der Waals surface area contributed by atoms with Crippen molar-refractivity contribution in [1.82, 2.24) is 15.1 Å². The Hall–Kier alpha value is -1.98. The van der Waals surface area contributed by atoms with Crippen molar-refractivity contribution in [2.75, 3.05) is 31.6 Å². The SMILES string of the molecule is CN(CC(O)c1ccccc1)C1CCCN(c2cccnn2)C1. The molecule has 1 aromatic heterocycles. The molecule has 5 nitrogen and oxygen atoms in total. The second-order valence-corrected chi connectivity index (χ2v) is 6.19. The third kappa shape index (κ3) is 4.06. The molecule has 1 fully saturated rings. The first-order valence-corrected chi connectivity index (χ1v) is 8.20. The first-order valence-electron chi connectivity index (χ1n) is 8.20. The summed E-state index contributed by atoms with van der Waals surface area (Å²) in [4.78, 5) is 4.55. The molecule has 0 aliphatic carbocycles. The van der Waals surface area contributed by atoms with E-state index in [2.05, 4.69) is 27.0 Å². The summed E-state index contributed by atoms with van der Waals surface area (Å²) in [5.41, 5.74) is 0.973. The number of aliphatic hydroxyl groups excluding tert-OH is 1. The second-order valence-electron chi connectivity index (χ2n) is 6.19. The van der Waals surface area contributed by atoms with E-state index in [-0.39, 0.29) is 0 Å². The maximum Gasteiger partial charge on any atom is 0.151 e. The van der Waals surface area contributed by atoms with Crippen LogP contribution in [0.25, 0.3) is 0 Å². The summed E-state index contributed by atoms with van der Waals surface area (Å²) < 4.78 is 0. The lowest BCUT2D eigenvalue weighted by Crippen LogP contribution is -2.47. The zero-order valence-electron chi connectivity index (χ0n) is 13.5. The molecular formula is C18H24N4O. The summed E-state index contributed by atoms with van der Waals surface area (Å²) in [6.07, 6.45) is 3.53. The minimum Gasteiger partial charge on any atom is -0.387 e. The van der Waals surface area contributed by atoms with Crippen molar-refractivity contribution in [3.8, 4) is 0 Å². The highest BCUT2D eigenvalue weighted by molar-refractivity contribution is 5.37. The maximum atomic E-state index is 10.4. The molecule has 1 N–H and O–H groups in total. The van der Waals surface area contributed by atoms with Gasteiger partial charge in [0, 0.05) is 31.9 Å². The van der Waals surface area contributed by atoms with Crippen LogP contribution in [0.4, 0.5) is 5.82 Å². The quantitative estimate of drug-likeness (QED) is 0.916. The Balaban J connectivity index is 1.60. The lowest BCUT2D eigenvalue weighted by atomic mass is 10.0. The molecule has 2 unspecified atom stereocenters. The Bertz CT molecular complexity index is 592. The van der Waals surface area contributed by atoms with Crippen LogP contribution in [0.1, 0.15) is 24.5 Å². The molecule has 1 aromatic carbocycles. The molecule has 3 rings (SSSR count). The van der Waals surface area contributed by atoms with Crippen LogP contribution < -0.4 is 4.90 Å². The van der Waals surface area contributed by atoms with E-state index in [4.69, 9.17) is 0 Å². The van der Waals surface area contributed by atoms with Crippen LogP contribution in [0.5, 0.6) is 0 Å². The molecule has 122 valence electrons. The molecular weight excluding hydrogens is 288 g/mol. The van der Waals surface area contributed by atoms with Crippen molar-refractivity contribution in [3.05, 3.63) is 54.2 Å². The molecule has 1 saturated heterocycles. The molecule has 5 heteroatoms. The van der Waals surface area contributed by atoms with E-state index in [0.717, 1.165) is 37.3 Å². The zero-order valence-corrected chi connectivity index (χ0v) is 13.5. The summed E-state index contributed by atoms with van der Waals surface area (Å²) >= 11 is 0. The Labute approximate surface area is 137 Å². The van der Waals surface area contributed by atoms with Crippen molar-refractivity contribution in [1.29, 1.82) is 0 Å². The molecule has 0 radical (unpaired) electrons. The topological polar surface area (TPSA) is 52.5 Å². The van der Waals surface area contributed by atoms with E-state index in [1.54, 1.807) is 6.20 Å². The Morgan fingerprint density at radius 2 is 2.09 bits per heavy atom. The number of likely N-dealkylation sites (N-methyl/N-ethyl adjacent to an activating group) is 1. The van der Waals surface area contributed by atoms with Gasteiger partial charge in [0.2, 0.25) is 0 Å². The Morgan fingerprint density at radius 1 is 1.26 bits per heavy atom. The van der Waals surface area contributed by atoms with Gasteiger partial charge >= 0.3 is 0 Å². The number of anilines is 1. The fraction of sp³-hybridized carbons (Fsp3) is 0.444. The summed E-state index contributed by atoms with van der Waals surface area (Å²) in [6, 6.07) is 14.2. The van der Waals surface area contributed by atoms with Gasteiger partial charge in [-0.15, -0.1) is 5.10 Å². The molecule has 2 aromatic rings. The van der Waals surface area contributed by atoms with Crippen LogP contribution in [0, 0.1) is 0 Å². The maximum absolute atomic E-state index is 10.4. The predicted molar refractivity (Wildman–Crippen MR) is 91.3 cm³/mol. The number of rotatable bonds is 5. The van der Waals surface area contributed by atoms with Gasteiger partial charge in [-0.1, -0.05) is 30.3 Å². The van der Waals surface area contributed by atoms with E-state index in [1.165, 1.54) is 0 Å². The average Bonchev–Trinajstić information content (AvgIpc) is 2.63. The molecule has 1 aliphatic rings. The number of aliphatic hydroxyl groups is 1. The lowest BCUT2D eigenvalue weighted by molar-refractivity contribution is 0.0986. The Morgan fingerprint density at radius 3 is 2.83 bits per heavy atom. The average molecular weight is 312 g/mol. The molecule has 0 bridgehead atoms. The Kier molecular flexibility index (Phi) is 5.20. The smallest absolute Gasteiger partial charge is 0.151 e. The van der Waals surface area contributed by atoms with E-state index in [1.807, 2.05) is 42.5 Å². The molecule has 2 atom stereocenters. The highest BCUT2D eigenvalue weighted by Gasteiger charge is 2.25. The van der Waals surface area contributed by atoms with Crippen LogP contribution in [0.3, 0.4) is 0 Å². The van der Waals surface area contributed by atoms with Gasteiger partial charge in [0.15, 0.2) is 5.82 Å². The summed E-state index contributed by atoms with van der Waals surface area (Å²) in [5, 5.41) is 18.6. The highest BCUT2D eigenvalue weighted by Crippen LogP contribution is 2.21. The number of aromatic nitrogens is 2. The number of piperidine rings is 1. The zero-order chi connectivity index (χ0) is 16.1. The van der Waals surface area contributed by atoms with Gasteiger partial charge in [-0.05, 0) is 37.6 Å². The number of hydrogen-bond donors (Lipinski definition) is 1. The molecule has 0 saturated carbocycles. The van der Waals surface area contributed by atoms with Crippen molar-refractivity contribution < 1.29 is 5.11 Å². The van der Waals surface area contributed by atoms with Crippen molar-refractivity contribution in [3.63, 3.8) is 0 Å². The van der Waals surface area contributed by atoms with Gasteiger partial charge in [0.1, 0.15) is 0 Å². The van der Waals surface area contributed by atoms with Crippen molar-refractivity contribution >= 4 is 5.82 Å². The molecule has 23 heavy (non-hydrogen) atoms. The van der Waals surface area contributed by atoms with Crippen LogP contribution in [-0.4, -0.2) is 52.9 Å². The van der Waals surface area contributed by atoms with Gasteiger partial charge in [-0.3, -0.25) is 4.90 Å². The number of nitrogens with zero attached hydrogens (tertiary/aromatic N) is 4. The van der Waals surface area contributed by atoms with Gasteiger partial charge < -0.3 is 10.0 Å². The fourth-order valence-electron chi connectivity index (χ4n) is 3.19. The normalized spacial score (nSPS) is 19.8. The summed E-state index contributed by atoms with van der Waals surface area (Å²) in [7, 11) is 2.09. The highest BCUT2D eigenvalue weighted by atomic mass is 16.3. The van der Waals surface area contributed by atoms with Gasteiger partial charge in [-0.2, -0.15) is 5.10 Å². The minimum absolute atomic E-state index is 0.420. The van der Waals surface area contributed by atoms with Crippen molar-refractivity contribution in [2.24, 2.45) is 0 Å². The van der Waals surface area contributed by atoms with E-state index < -0.39 is 6.10 Å². The van der Waals surface area contributed by atoms with Crippen molar-refractivity contribution in [2.45, 2.75) is 25.0 Å². The molecule has 0 spiro atoms. The minimum atomic E-state index is -0.451. The first-order chi connectivity index (χ1) is 11.2. The molecule has 0 amide bonds. The number of hydrogen-bond acceptors (Lipinski definition) is 5. The first kappa shape index (κ1) is 15.9. The fourth-order valence-corrected chi connectivity index (χ4v) is 3.19. The van der Waals surface area contributed by atoms with Gasteiger partial charge in [0.05, 0.1) is 6.10 Å². The van der Waals surface area contributed by atoms with Crippen LogP contribution in [0.15, 0.2) is 48.7 Å². The van der Waals surface area contributed by atoms with Gasteiger partial charge in [0.25, 0.3) is 0 Å². The van der Waals surface area contributed by atoms with Crippen LogP contribution in [0.2, 0.25) is 0 Å². The van der Waals surface area contributed by atoms with Gasteiger partial charge in [-0.25, -0.2) is 0 Å². The summed E-state index contributed by atoms with van der Waals surface area (Å²) in [6.45, 7) is 2.59. The standard InChI is InChI=1S/C18H24N4O/c1-21(14-17(23)15-7-3-2-4-8-15)16-9-6-12-22(13-16)18-10-5-11-19-20-18/h2-5,7-8,10-11,16-17,23H,6,9,12-14H2,1H3. The molecule has 2 heterocycles. The predicted octanol–water partition coefficient (Wildman–Crippen LogP) is 2.11. The van der Waals surface area contributed by atoms with E-state index in [0.29, 0.717) is 12.6 Å². The van der Waals surface area contributed by atoms with Crippen LogP contribution >= 0.6 is 0 Å². The second kappa shape index (κ2) is 7.53. The summed E-state index contributed by atoms with van der Waals surface area (Å²) in [5.74, 6) is 0.939. The monoisotopic (exact) mass is 312 g/mol. The van der Waals surface area contributed by atoms with E-state index in [9.17, 15) is 5.11 Å². The van der Waals surface area contributed by atoms with Crippen LogP contribution in [-0.2, 0) is 0 Å².